The minimum Gasteiger partial charge on any atom is -0.337 e. The number of amides is 1. The quantitative estimate of drug-likeness (QED) is 0.740. The maximum atomic E-state index is 13.0. The van der Waals surface area contributed by atoms with Gasteiger partial charge in [-0.2, -0.15) is 0 Å². The Hall–Kier alpha value is -1.92. The fourth-order valence-corrected chi connectivity index (χ4v) is 3.91. The maximum absolute atomic E-state index is 13.0. The Labute approximate surface area is 157 Å². The van der Waals surface area contributed by atoms with Gasteiger partial charge in [0, 0.05) is 42.4 Å². The van der Waals surface area contributed by atoms with E-state index in [4.69, 9.17) is 0 Å². The highest BCUT2D eigenvalue weighted by molar-refractivity contribution is 7.99. The number of thioether (sulfide) groups is 1. The molecule has 138 valence electrons. The number of carbonyl (C=O) groups excluding carboxylic acids is 1. The molecular weight excluding hydrogens is 354 g/mol. The van der Waals surface area contributed by atoms with Gasteiger partial charge in [-0.05, 0) is 61.5 Å². The summed E-state index contributed by atoms with van der Waals surface area (Å²) in [4.78, 5) is 17.8. The molecule has 0 aliphatic carbocycles. The number of hydrogen-bond acceptors (Lipinski definition) is 3. The molecule has 6 heteroatoms. The fraction of sp³-hybridized carbons (Fsp3) is 0.350. The Morgan fingerprint density at radius 3 is 2.23 bits per heavy atom. The van der Waals surface area contributed by atoms with Gasteiger partial charge in [0.2, 0.25) is 0 Å². The van der Waals surface area contributed by atoms with Gasteiger partial charge < -0.3 is 9.80 Å². The molecule has 0 aromatic heterocycles. The van der Waals surface area contributed by atoms with Crippen LogP contribution in [0.25, 0.3) is 0 Å². The summed E-state index contributed by atoms with van der Waals surface area (Å²) in [5, 5.41) is 0. The first-order chi connectivity index (χ1) is 12.6. The van der Waals surface area contributed by atoms with Gasteiger partial charge in [-0.15, -0.1) is 11.8 Å². The average Bonchev–Trinajstić information content (AvgIpc) is 2.89. The minimum atomic E-state index is -0.331. The number of rotatable bonds is 5. The molecule has 0 radical (unpaired) electrons. The SMILES string of the molecule is O=C(c1ccc(F)cc1)N1CCCN(CCSc2ccc(F)cc2)CC1. The Bertz CT molecular complexity index is 722. The molecule has 1 aliphatic heterocycles. The molecular formula is C20H22F2N2OS. The number of nitrogens with zero attached hydrogens (tertiary/aromatic N) is 2. The van der Waals surface area contributed by atoms with Gasteiger partial charge in [-0.25, -0.2) is 8.78 Å². The first-order valence-corrected chi connectivity index (χ1v) is 9.76. The van der Waals surface area contributed by atoms with Crippen LogP contribution < -0.4 is 0 Å². The third kappa shape index (κ3) is 5.29. The van der Waals surface area contributed by atoms with Gasteiger partial charge in [-0.3, -0.25) is 4.79 Å². The lowest BCUT2D eigenvalue weighted by molar-refractivity contribution is 0.0762. The van der Waals surface area contributed by atoms with Crippen molar-refractivity contribution in [3.63, 3.8) is 0 Å². The second kappa shape index (κ2) is 9.14. The number of benzene rings is 2. The highest BCUT2D eigenvalue weighted by atomic mass is 32.2. The third-order valence-corrected chi connectivity index (χ3v) is 5.45. The summed E-state index contributed by atoms with van der Waals surface area (Å²) >= 11 is 1.71. The Kier molecular flexibility index (Phi) is 6.63. The minimum absolute atomic E-state index is 0.0347. The molecule has 0 unspecified atom stereocenters. The van der Waals surface area contributed by atoms with Gasteiger partial charge in [0.05, 0.1) is 0 Å². The number of carbonyl (C=O) groups is 1. The van der Waals surface area contributed by atoms with Crippen LogP contribution in [0.15, 0.2) is 53.4 Å². The van der Waals surface area contributed by atoms with Crippen LogP contribution in [0.3, 0.4) is 0 Å². The van der Waals surface area contributed by atoms with Crippen molar-refractivity contribution in [2.24, 2.45) is 0 Å². The highest BCUT2D eigenvalue weighted by Crippen LogP contribution is 2.18. The molecule has 2 aromatic rings. The van der Waals surface area contributed by atoms with Crippen LogP contribution >= 0.6 is 11.8 Å². The molecule has 0 bridgehead atoms. The van der Waals surface area contributed by atoms with E-state index in [0.717, 1.165) is 43.2 Å². The second-order valence-electron chi connectivity index (χ2n) is 6.30. The first-order valence-electron chi connectivity index (χ1n) is 8.77. The standard InChI is InChI=1S/C20H22F2N2OS/c21-17-4-2-16(3-5-17)20(25)24-11-1-10-23(12-13-24)14-15-26-19-8-6-18(22)7-9-19/h2-9H,1,10-15H2. The van der Waals surface area contributed by atoms with Crippen molar-refractivity contribution in [1.82, 2.24) is 9.80 Å². The lowest BCUT2D eigenvalue weighted by Gasteiger charge is -2.22. The summed E-state index contributed by atoms with van der Waals surface area (Å²) in [6.45, 7) is 4.12. The van der Waals surface area contributed by atoms with Crippen LogP contribution in [-0.4, -0.2) is 54.2 Å². The summed E-state index contributed by atoms with van der Waals surface area (Å²) in [5.74, 6) is 0.347. The summed E-state index contributed by atoms with van der Waals surface area (Å²) in [6.07, 6.45) is 0.925. The molecule has 1 saturated heterocycles. The summed E-state index contributed by atoms with van der Waals surface area (Å²) in [5.41, 5.74) is 0.534. The van der Waals surface area contributed by atoms with Crippen molar-refractivity contribution in [3.8, 4) is 0 Å². The molecule has 1 amide bonds. The summed E-state index contributed by atoms with van der Waals surface area (Å²) < 4.78 is 25.9. The van der Waals surface area contributed by atoms with E-state index in [1.54, 1.807) is 36.0 Å². The van der Waals surface area contributed by atoms with Crippen molar-refractivity contribution < 1.29 is 13.6 Å². The fourth-order valence-electron chi connectivity index (χ4n) is 3.00. The highest BCUT2D eigenvalue weighted by Gasteiger charge is 2.20. The molecule has 1 fully saturated rings. The molecule has 2 aromatic carbocycles. The molecule has 0 N–H and O–H groups in total. The van der Waals surface area contributed by atoms with Crippen molar-refractivity contribution in [2.75, 3.05) is 38.5 Å². The Morgan fingerprint density at radius 1 is 0.885 bits per heavy atom. The number of halogens is 2. The van der Waals surface area contributed by atoms with Gasteiger partial charge in [0.15, 0.2) is 0 Å². The summed E-state index contributed by atoms with van der Waals surface area (Å²) in [7, 11) is 0. The van der Waals surface area contributed by atoms with Gasteiger partial charge in [-0.1, -0.05) is 0 Å². The molecule has 3 nitrogen and oxygen atoms in total. The predicted octanol–water partition coefficient (Wildman–Crippen LogP) is 3.91. The van der Waals surface area contributed by atoms with Crippen molar-refractivity contribution in [2.45, 2.75) is 11.3 Å². The van der Waals surface area contributed by atoms with Gasteiger partial charge in [0.25, 0.3) is 5.91 Å². The van der Waals surface area contributed by atoms with E-state index in [9.17, 15) is 13.6 Å². The molecule has 0 saturated carbocycles. The summed E-state index contributed by atoms with van der Waals surface area (Å²) in [6, 6.07) is 12.3. The predicted molar refractivity (Wildman–Crippen MR) is 100 cm³/mol. The van der Waals surface area contributed by atoms with E-state index in [1.165, 1.54) is 24.3 Å². The molecule has 1 heterocycles. The first kappa shape index (κ1) is 18.9. The average molecular weight is 376 g/mol. The Morgan fingerprint density at radius 2 is 1.54 bits per heavy atom. The third-order valence-electron chi connectivity index (χ3n) is 4.46. The van der Waals surface area contributed by atoms with Crippen LogP contribution in [0.5, 0.6) is 0 Å². The number of hydrogen-bond donors (Lipinski definition) is 0. The van der Waals surface area contributed by atoms with Gasteiger partial charge >= 0.3 is 0 Å². The molecule has 1 aliphatic rings. The zero-order valence-corrected chi connectivity index (χ0v) is 15.4. The zero-order chi connectivity index (χ0) is 18.4. The molecule has 0 spiro atoms. The van der Waals surface area contributed by atoms with E-state index in [2.05, 4.69) is 4.90 Å². The largest absolute Gasteiger partial charge is 0.337 e. The van der Waals surface area contributed by atoms with Gasteiger partial charge in [0.1, 0.15) is 11.6 Å². The van der Waals surface area contributed by atoms with E-state index in [1.807, 2.05) is 4.90 Å². The van der Waals surface area contributed by atoms with E-state index >= 15 is 0 Å². The lowest BCUT2D eigenvalue weighted by Crippen LogP contribution is -2.35. The van der Waals surface area contributed by atoms with Crippen LogP contribution in [0, 0.1) is 11.6 Å². The van der Waals surface area contributed by atoms with Crippen LogP contribution in [0.1, 0.15) is 16.8 Å². The van der Waals surface area contributed by atoms with Crippen LogP contribution in [-0.2, 0) is 0 Å². The maximum Gasteiger partial charge on any atom is 0.253 e. The normalized spacial score (nSPS) is 15.7. The van der Waals surface area contributed by atoms with E-state index < -0.39 is 0 Å². The molecule has 0 atom stereocenters. The van der Waals surface area contributed by atoms with E-state index in [0.29, 0.717) is 12.1 Å². The molecule has 3 rings (SSSR count). The smallest absolute Gasteiger partial charge is 0.253 e. The second-order valence-corrected chi connectivity index (χ2v) is 7.46. The topological polar surface area (TPSA) is 23.6 Å². The zero-order valence-electron chi connectivity index (χ0n) is 14.5. The van der Waals surface area contributed by atoms with Crippen LogP contribution in [0.2, 0.25) is 0 Å². The van der Waals surface area contributed by atoms with E-state index in [-0.39, 0.29) is 17.5 Å². The lowest BCUT2D eigenvalue weighted by atomic mass is 10.2. The van der Waals surface area contributed by atoms with Crippen molar-refractivity contribution in [3.05, 3.63) is 65.7 Å². The molecule has 26 heavy (non-hydrogen) atoms. The van der Waals surface area contributed by atoms with Crippen molar-refractivity contribution in [1.29, 1.82) is 0 Å². The van der Waals surface area contributed by atoms with Crippen molar-refractivity contribution >= 4 is 17.7 Å². The monoisotopic (exact) mass is 376 g/mol. The Balaban J connectivity index is 1.46. The van der Waals surface area contributed by atoms with Crippen LogP contribution in [0.4, 0.5) is 8.78 Å².